The summed E-state index contributed by atoms with van der Waals surface area (Å²) in [6.45, 7) is 2.00. The van der Waals surface area contributed by atoms with E-state index < -0.39 is 0 Å². The summed E-state index contributed by atoms with van der Waals surface area (Å²) in [5.41, 5.74) is 3.03. The second-order valence-corrected chi connectivity index (χ2v) is 5.44. The molecule has 21 heavy (non-hydrogen) atoms. The van der Waals surface area contributed by atoms with Crippen LogP contribution < -0.4 is 10.1 Å². The van der Waals surface area contributed by atoms with Crippen molar-refractivity contribution in [2.24, 2.45) is 0 Å². The lowest BCUT2D eigenvalue weighted by Crippen LogP contribution is -2.19. The first-order valence-corrected chi connectivity index (χ1v) is 7.18. The van der Waals surface area contributed by atoms with Gasteiger partial charge < -0.3 is 10.1 Å². The van der Waals surface area contributed by atoms with Gasteiger partial charge in [-0.1, -0.05) is 29.8 Å². The lowest BCUT2D eigenvalue weighted by molar-refractivity contribution is 0.385. The number of benzene rings is 2. The Hall–Kier alpha value is -1.58. The van der Waals surface area contributed by atoms with Gasteiger partial charge >= 0.3 is 0 Å². The average Bonchev–Trinajstić information content (AvgIpc) is 2.46. The van der Waals surface area contributed by atoms with E-state index in [2.05, 4.69) is 5.32 Å². The Morgan fingerprint density at radius 3 is 2.57 bits per heavy atom. The van der Waals surface area contributed by atoms with Gasteiger partial charge in [0.05, 0.1) is 7.11 Å². The van der Waals surface area contributed by atoms with Gasteiger partial charge in [-0.05, 0) is 55.3 Å². The number of likely N-dealkylation sites (N-methyl/N-ethyl adjacent to an activating group) is 1. The van der Waals surface area contributed by atoms with Crippen molar-refractivity contribution in [2.75, 3.05) is 14.2 Å². The number of ether oxygens (including phenoxy) is 1. The van der Waals surface area contributed by atoms with E-state index in [1.807, 2.05) is 38.2 Å². The van der Waals surface area contributed by atoms with E-state index in [-0.39, 0.29) is 17.6 Å². The SMILES string of the molecule is CNC(Cc1ccc(C)cc1Cl)c1ccc(OC)c(F)c1. The highest BCUT2D eigenvalue weighted by Crippen LogP contribution is 2.27. The van der Waals surface area contributed by atoms with Crippen LogP contribution in [0.1, 0.15) is 22.7 Å². The number of nitrogens with one attached hydrogen (secondary N) is 1. The molecule has 0 spiro atoms. The predicted octanol–water partition coefficient (Wildman–Crippen LogP) is 4.30. The zero-order valence-corrected chi connectivity index (χ0v) is 13.2. The molecule has 0 aliphatic heterocycles. The molecule has 0 aliphatic rings. The van der Waals surface area contributed by atoms with E-state index in [0.29, 0.717) is 6.42 Å². The molecule has 1 unspecified atom stereocenters. The molecule has 4 heteroatoms. The third-order valence-electron chi connectivity index (χ3n) is 3.56. The first-order valence-electron chi connectivity index (χ1n) is 6.81. The zero-order valence-electron chi connectivity index (χ0n) is 12.4. The smallest absolute Gasteiger partial charge is 0.165 e. The highest BCUT2D eigenvalue weighted by atomic mass is 35.5. The third kappa shape index (κ3) is 3.74. The van der Waals surface area contributed by atoms with Crippen LogP contribution in [0.15, 0.2) is 36.4 Å². The summed E-state index contributed by atoms with van der Waals surface area (Å²) in [4.78, 5) is 0. The van der Waals surface area contributed by atoms with Gasteiger partial charge in [-0.25, -0.2) is 4.39 Å². The average molecular weight is 308 g/mol. The van der Waals surface area contributed by atoms with Gasteiger partial charge in [-0.3, -0.25) is 0 Å². The normalized spacial score (nSPS) is 12.2. The number of methoxy groups -OCH3 is 1. The molecule has 1 N–H and O–H groups in total. The van der Waals surface area contributed by atoms with Crippen molar-refractivity contribution < 1.29 is 9.13 Å². The zero-order chi connectivity index (χ0) is 15.4. The number of hydrogen-bond acceptors (Lipinski definition) is 2. The molecule has 0 aliphatic carbocycles. The van der Waals surface area contributed by atoms with Gasteiger partial charge in [0.1, 0.15) is 0 Å². The van der Waals surface area contributed by atoms with E-state index in [0.717, 1.165) is 21.7 Å². The van der Waals surface area contributed by atoms with Crippen molar-refractivity contribution in [3.63, 3.8) is 0 Å². The molecular weight excluding hydrogens is 289 g/mol. The lowest BCUT2D eigenvalue weighted by atomic mass is 9.98. The predicted molar refractivity (Wildman–Crippen MR) is 84.6 cm³/mol. The number of rotatable bonds is 5. The number of halogens is 2. The van der Waals surface area contributed by atoms with Crippen molar-refractivity contribution in [3.8, 4) is 5.75 Å². The van der Waals surface area contributed by atoms with Crippen LogP contribution in [0.5, 0.6) is 5.75 Å². The number of hydrogen-bond donors (Lipinski definition) is 1. The summed E-state index contributed by atoms with van der Waals surface area (Å²) in [5, 5.41) is 3.95. The van der Waals surface area contributed by atoms with Crippen LogP contribution in [0.4, 0.5) is 4.39 Å². The number of aryl methyl sites for hydroxylation is 1. The van der Waals surface area contributed by atoms with Gasteiger partial charge in [0.2, 0.25) is 0 Å². The third-order valence-corrected chi connectivity index (χ3v) is 3.91. The quantitative estimate of drug-likeness (QED) is 0.889. The maximum atomic E-state index is 13.8. The van der Waals surface area contributed by atoms with E-state index in [1.54, 1.807) is 6.07 Å². The van der Waals surface area contributed by atoms with E-state index in [9.17, 15) is 4.39 Å². The highest BCUT2D eigenvalue weighted by Gasteiger charge is 2.14. The molecule has 2 rings (SSSR count). The van der Waals surface area contributed by atoms with Crippen LogP contribution >= 0.6 is 11.6 Å². The Labute approximate surface area is 129 Å². The van der Waals surface area contributed by atoms with Crippen molar-refractivity contribution in [2.45, 2.75) is 19.4 Å². The van der Waals surface area contributed by atoms with Gasteiger partial charge in [0, 0.05) is 11.1 Å². The molecule has 0 amide bonds. The molecule has 112 valence electrons. The first kappa shape index (κ1) is 15.8. The highest BCUT2D eigenvalue weighted by molar-refractivity contribution is 6.31. The van der Waals surface area contributed by atoms with E-state index in [1.165, 1.54) is 13.2 Å². The molecule has 0 heterocycles. The molecule has 0 saturated heterocycles. The fourth-order valence-electron chi connectivity index (χ4n) is 2.32. The molecule has 1 atom stereocenters. The first-order chi connectivity index (χ1) is 10.0. The standard InChI is InChI=1S/C17H19ClFNO/c1-11-4-5-12(14(18)8-11)10-16(20-2)13-6-7-17(21-3)15(19)9-13/h4-9,16,20H,10H2,1-3H3. The van der Waals surface area contributed by atoms with E-state index in [4.69, 9.17) is 16.3 Å². The summed E-state index contributed by atoms with van der Waals surface area (Å²) in [6, 6.07) is 11.0. The molecule has 2 aromatic carbocycles. The fraction of sp³-hybridized carbons (Fsp3) is 0.294. The Balaban J connectivity index is 2.25. The lowest BCUT2D eigenvalue weighted by Gasteiger charge is -2.18. The maximum Gasteiger partial charge on any atom is 0.165 e. The fourth-order valence-corrected chi connectivity index (χ4v) is 2.64. The summed E-state index contributed by atoms with van der Waals surface area (Å²) in [7, 11) is 3.31. The van der Waals surface area contributed by atoms with Gasteiger partial charge in [0.25, 0.3) is 0 Å². The Morgan fingerprint density at radius 2 is 2.00 bits per heavy atom. The molecule has 2 aromatic rings. The minimum Gasteiger partial charge on any atom is -0.494 e. The minimum atomic E-state index is -0.356. The summed E-state index contributed by atoms with van der Waals surface area (Å²) in [5.74, 6) is -0.104. The monoisotopic (exact) mass is 307 g/mol. The summed E-state index contributed by atoms with van der Waals surface area (Å²) < 4.78 is 18.8. The molecule has 0 aromatic heterocycles. The summed E-state index contributed by atoms with van der Waals surface area (Å²) in [6.07, 6.45) is 0.696. The van der Waals surface area contributed by atoms with Gasteiger partial charge in [-0.2, -0.15) is 0 Å². The second kappa shape index (κ2) is 6.92. The Bertz CT molecular complexity index is 630. The van der Waals surface area contributed by atoms with E-state index >= 15 is 0 Å². The van der Waals surface area contributed by atoms with Crippen LogP contribution in [-0.2, 0) is 6.42 Å². The Morgan fingerprint density at radius 1 is 1.24 bits per heavy atom. The molecule has 0 bridgehead atoms. The molecule has 2 nitrogen and oxygen atoms in total. The summed E-state index contributed by atoms with van der Waals surface area (Å²) >= 11 is 6.28. The van der Waals surface area contributed by atoms with Crippen molar-refractivity contribution in [1.82, 2.24) is 5.32 Å². The minimum absolute atomic E-state index is 0.00869. The second-order valence-electron chi connectivity index (χ2n) is 5.03. The molecule has 0 fully saturated rings. The van der Waals surface area contributed by atoms with Gasteiger partial charge in [0.15, 0.2) is 11.6 Å². The largest absolute Gasteiger partial charge is 0.494 e. The topological polar surface area (TPSA) is 21.3 Å². The van der Waals surface area contributed by atoms with Crippen LogP contribution in [0.2, 0.25) is 5.02 Å². The Kier molecular flexibility index (Phi) is 5.21. The van der Waals surface area contributed by atoms with Crippen molar-refractivity contribution in [1.29, 1.82) is 0 Å². The van der Waals surface area contributed by atoms with Crippen LogP contribution in [0, 0.1) is 12.7 Å². The molecular formula is C17H19ClFNO. The van der Waals surface area contributed by atoms with Crippen molar-refractivity contribution in [3.05, 3.63) is 63.9 Å². The van der Waals surface area contributed by atoms with Crippen LogP contribution in [0.3, 0.4) is 0 Å². The van der Waals surface area contributed by atoms with Crippen LogP contribution in [-0.4, -0.2) is 14.2 Å². The van der Waals surface area contributed by atoms with Crippen LogP contribution in [0.25, 0.3) is 0 Å². The van der Waals surface area contributed by atoms with Gasteiger partial charge in [-0.15, -0.1) is 0 Å². The van der Waals surface area contributed by atoms with Crippen molar-refractivity contribution >= 4 is 11.6 Å². The molecule has 0 saturated carbocycles. The maximum absolute atomic E-state index is 13.8. The molecule has 0 radical (unpaired) electrons.